The number of ether oxygens (including phenoxy) is 1. The van der Waals surface area contributed by atoms with Gasteiger partial charge in [-0.1, -0.05) is 29.8 Å². The van der Waals surface area contributed by atoms with Gasteiger partial charge in [-0.25, -0.2) is 0 Å². The molecule has 0 fully saturated rings. The minimum atomic E-state index is -0.763. The Morgan fingerprint density at radius 1 is 1.21 bits per heavy atom. The Bertz CT molecular complexity index is 458. The van der Waals surface area contributed by atoms with Crippen molar-refractivity contribution in [2.45, 2.75) is 53.2 Å². The Labute approximate surface area is 116 Å². The molecule has 0 spiro atoms. The van der Waals surface area contributed by atoms with E-state index in [-0.39, 0.29) is 12.0 Å². The summed E-state index contributed by atoms with van der Waals surface area (Å²) in [6.45, 7) is 11.2. The molecule has 0 saturated carbocycles. The van der Waals surface area contributed by atoms with E-state index >= 15 is 0 Å². The van der Waals surface area contributed by atoms with E-state index in [4.69, 9.17) is 10.5 Å². The second kappa shape index (κ2) is 5.33. The molecule has 19 heavy (non-hydrogen) atoms. The number of hydrogen-bond donors (Lipinski definition) is 1. The standard InChI is InChI=1S/C16H25NO2/c1-11-8-7-9-12(10-11)13(17)16(5,6)14(18)19-15(2,3)4/h7-10,13H,17H2,1-6H3/t13-/m1/s1. The first-order valence-electron chi connectivity index (χ1n) is 6.59. The lowest BCUT2D eigenvalue weighted by molar-refractivity contribution is -0.167. The van der Waals surface area contributed by atoms with Crippen LogP contribution in [0.15, 0.2) is 24.3 Å². The Kier molecular flexibility index (Phi) is 4.41. The van der Waals surface area contributed by atoms with Gasteiger partial charge in [0.2, 0.25) is 0 Å². The molecule has 106 valence electrons. The fourth-order valence-electron chi connectivity index (χ4n) is 1.82. The predicted octanol–water partition coefficient (Wildman–Crippen LogP) is 3.36. The van der Waals surface area contributed by atoms with Gasteiger partial charge in [0.25, 0.3) is 0 Å². The van der Waals surface area contributed by atoms with Crippen LogP contribution in [0.5, 0.6) is 0 Å². The molecule has 2 N–H and O–H groups in total. The first-order valence-corrected chi connectivity index (χ1v) is 6.59. The van der Waals surface area contributed by atoms with Crippen LogP contribution in [0.4, 0.5) is 0 Å². The Morgan fingerprint density at radius 3 is 2.26 bits per heavy atom. The molecular weight excluding hydrogens is 238 g/mol. The predicted molar refractivity (Wildman–Crippen MR) is 77.7 cm³/mol. The summed E-state index contributed by atoms with van der Waals surface area (Å²) < 4.78 is 5.46. The lowest BCUT2D eigenvalue weighted by Crippen LogP contribution is -2.41. The second-order valence-electron chi connectivity index (χ2n) is 6.62. The van der Waals surface area contributed by atoms with E-state index in [2.05, 4.69) is 0 Å². The van der Waals surface area contributed by atoms with Crippen molar-refractivity contribution >= 4 is 5.97 Å². The molecule has 3 heteroatoms. The zero-order valence-electron chi connectivity index (χ0n) is 12.8. The van der Waals surface area contributed by atoms with E-state index in [1.165, 1.54) is 0 Å². The summed E-state index contributed by atoms with van der Waals surface area (Å²) in [6.07, 6.45) is 0. The summed E-state index contributed by atoms with van der Waals surface area (Å²) in [6, 6.07) is 7.54. The molecule has 0 aliphatic heterocycles. The molecule has 1 aromatic carbocycles. The van der Waals surface area contributed by atoms with E-state index in [1.807, 2.05) is 65.8 Å². The number of hydrogen-bond acceptors (Lipinski definition) is 3. The van der Waals surface area contributed by atoms with Gasteiger partial charge in [0.05, 0.1) is 5.41 Å². The Hall–Kier alpha value is -1.35. The van der Waals surface area contributed by atoms with Gasteiger partial charge >= 0.3 is 5.97 Å². The summed E-state index contributed by atoms with van der Waals surface area (Å²) in [5.74, 6) is -0.269. The summed E-state index contributed by atoms with van der Waals surface area (Å²) >= 11 is 0. The normalized spacial score (nSPS) is 14.1. The highest BCUT2D eigenvalue weighted by molar-refractivity contribution is 5.77. The average molecular weight is 263 g/mol. The van der Waals surface area contributed by atoms with E-state index in [1.54, 1.807) is 0 Å². The zero-order valence-corrected chi connectivity index (χ0v) is 12.8. The van der Waals surface area contributed by atoms with Gasteiger partial charge in [-0.15, -0.1) is 0 Å². The lowest BCUT2D eigenvalue weighted by Gasteiger charge is -2.33. The highest BCUT2D eigenvalue weighted by atomic mass is 16.6. The van der Waals surface area contributed by atoms with Gasteiger partial charge in [-0.3, -0.25) is 4.79 Å². The largest absolute Gasteiger partial charge is 0.460 e. The molecule has 0 radical (unpaired) electrons. The highest BCUT2D eigenvalue weighted by Gasteiger charge is 2.38. The highest BCUT2D eigenvalue weighted by Crippen LogP contribution is 2.34. The molecule has 1 rings (SSSR count). The van der Waals surface area contributed by atoms with Crippen LogP contribution in [0.25, 0.3) is 0 Å². The average Bonchev–Trinajstić information content (AvgIpc) is 2.25. The number of esters is 1. The van der Waals surface area contributed by atoms with Crippen molar-refractivity contribution in [3.8, 4) is 0 Å². The number of carbonyl (C=O) groups is 1. The number of aryl methyl sites for hydroxylation is 1. The van der Waals surface area contributed by atoms with Crippen molar-refractivity contribution in [1.29, 1.82) is 0 Å². The molecule has 0 aliphatic carbocycles. The molecule has 1 atom stereocenters. The summed E-state index contributed by atoms with van der Waals surface area (Å²) in [5, 5.41) is 0. The van der Waals surface area contributed by atoms with E-state index in [0.29, 0.717) is 0 Å². The smallest absolute Gasteiger partial charge is 0.313 e. The Morgan fingerprint density at radius 2 is 1.79 bits per heavy atom. The number of nitrogens with two attached hydrogens (primary N) is 1. The van der Waals surface area contributed by atoms with Gasteiger partial charge in [-0.05, 0) is 47.1 Å². The number of benzene rings is 1. The first-order chi connectivity index (χ1) is 8.54. The van der Waals surface area contributed by atoms with Crippen molar-refractivity contribution in [1.82, 2.24) is 0 Å². The third-order valence-electron chi connectivity index (χ3n) is 3.10. The van der Waals surface area contributed by atoms with Crippen LogP contribution in [-0.2, 0) is 9.53 Å². The quantitative estimate of drug-likeness (QED) is 0.851. The summed E-state index contributed by atoms with van der Waals surface area (Å²) in [7, 11) is 0. The maximum atomic E-state index is 12.3. The van der Waals surface area contributed by atoms with Gasteiger partial charge < -0.3 is 10.5 Å². The lowest BCUT2D eigenvalue weighted by atomic mass is 9.80. The Balaban J connectivity index is 2.96. The van der Waals surface area contributed by atoms with Crippen LogP contribution in [0.3, 0.4) is 0 Å². The van der Waals surface area contributed by atoms with E-state index in [0.717, 1.165) is 11.1 Å². The van der Waals surface area contributed by atoms with Gasteiger partial charge in [0.15, 0.2) is 0 Å². The van der Waals surface area contributed by atoms with Crippen LogP contribution in [0.2, 0.25) is 0 Å². The fraction of sp³-hybridized carbons (Fsp3) is 0.562. The third-order valence-corrected chi connectivity index (χ3v) is 3.10. The van der Waals surface area contributed by atoms with Crippen LogP contribution < -0.4 is 5.73 Å². The zero-order chi connectivity index (χ0) is 14.8. The molecule has 3 nitrogen and oxygen atoms in total. The fourth-order valence-corrected chi connectivity index (χ4v) is 1.82. The van der Waals surface area contributed by atoms with E-state index < -0.39 is 11.0 Å². The molecule has 0 heterocycles. The van der Waals surface area contributed by atoms with Crippen LogP contribution in [0.1, 0.15) is 51.8 Å². The van der Waals surface area contributed by atoms with Gasteiger partial charge in [-0.2, -0.15) is 0 Å². The van der Waals surface area contributed by atoms with Crippen molar-refractivity contribution in [3.63, 3.8) is 0 Å². The van der Waals surface area contributed by atoms with Crippen molar-refractivity contribution in [2.75, 3.05) is 0 Å². The molecule has 0 amide bonds. The minimum Gasteiger partial charge on any atom is -0.460 e. The summed E-state index contributed by atoms with van der Waals surface area (Å²) in [5.41, 5.74) is 7.09. The molecule has 0 unspecified atom stereocenters. The molecule has 0 saturated heterocycles. The van der Waals surface area contributed by atoms with Gasteiger partial charge in [0, 0.05) is 6.04 Å². The monoisotopic (exact) mass is 263 g/mol. The van der Waals surface area contributed by atoms with Crippen LogP contribution >= 0.6 is 0 Å². The van der Waals surface area contributed by atoms with Crippen molar-refractivity contribution < 1.29 is 9.53 Å². The second-order valence-corrected chi connectivity index (χ2v) is 6.62. The molecule has 1 aromatic rings. The molecule has 0 bridgehead atoms. The maximum absolute atomic E-state index is 12.3. The van der Waals surface area contributed by atoms with Crippen LogP contribution in [0, 0.1) is 12.3 Å². The molecule has 0 aliphatic rings. The third kappa shape index (κ3) is 4.06. The number of carbonyl (C=O) groups excluding carboxylic acids is 1. The van der Waals surface area contributed by atoms with Gasteiger partial charge in [0.1, 0.15) is 5.60 Å². The summed E-state index contributed by atoms with van der Waals surface area (Å²) in [4.78, 5) is 12.3. The maximum Gasteiger partial charge on any atom is 0.313 e. The van der Waals surface area contributed by atoms with Crippen molar-refractivity contribution in [3.05, 3.63) is 35.4 Å². The van der Waals surface area contributed by atoms with Crippen LogP contribution in [-0.4, -0.2) is 11.6 Å². The van der Waals surface area contributed by atoms with Crippen molar-refractivity contribution in [2.24, 2.45) is 11.1 Å². The topological polar surface area (TPSA) is 52.3 Å². The molecular formula is C16H25NO2. The SMILES string of the molecule is Cc1cccc([C@@H](N)C(C)(C)C(=O)OC(C)(C)C)c1. The number of rotatable bonds is 3. The minimum absolute atomic E-state index is 0.269. The van der Waals surface area contributed by atoms with E-state index in [9.17, 15) is 4.79 Å². The first kappa shape index (κ1) is 15.7. The molecule has 0 aromatic heterocycles.